The number of para-hydroxylation sites is 2. The monoisotopic (exact) mass is 483 g/mol. The molecule has 0 aliphatic heterocycles. The highest BCUT2D eigenvalue weighted by Gasteiger charge is 2.16. The summed E-state index contributed by atoms with van der Waals surface area (Å²) in [7, 11) is 0. The molecule has 0 aromatic heterocycles. The van der Waals surface area contributed by atoms with Crippen molar-refractivity contribution in [3.63, 3.8) is 0 Å². The molecule has 4 aromatic carbocycles. The van der Waals surface area contributed by atoms with E-state index in [1.54, 1.807) is 30.3 Å². The fraction of sp³-hybridized carbons (Fsp3) is 0.0741. The Morgan fingerprint density at radius 1 is 0.972 bits per heavy atom. The van der Waals surface area contributed by atoms with Gasteiger partial charge in [0.05, 0.1) is 16.7 Å². The van der Waals surface area contributed by atoms with Gasteiger partial charge in [-0.3, -0.25) is 14.9 Å². The molecule has 0 aliphatic rings. The van der Waals surface area contributed by atoms with Crippen LogP contribution in [0.1, 0.15) is 21.5 Å². The van der Waals surface area contributed by atoms with E-state index < -0.39 is 23.4 Å². The summed E-state index contributed by atoms with van der Waals surface area (Å²) in [6, 6.07) is 23.8. The van der Waals surface area contributed by atoms with Crippen LogP contribution in [-0.2, 0) is 4.79 Å². The van der Waals surface area contributed by atoms with E-state index >= 15 is 0 Å². The first-order chi connectivity index (χ1) is 17.4. The number of nitrogens with one attached hydrogen (secondary N) is 1. The standard InChI is InChI=1S/C27H21N3O6/c1-18-7-6-9-20(15-18)27(32)36-24-14-13-19-8-2-3-10-21(19)22(24)16-28-29-26(31)17-35-25-12-5-4-11-23(25)30(33)34/h2-16H,17H2,1H3,(H,29,31)/b28-16+. The topological polar surface area (TPSA) is 120 Å². The van der Waals surface area contributed by atoms with Crippen molar-refractivity contribution < 1.29 is 24.0 Å². The molecule has 0 saturated carbocycles. The van der Waals surface area contributed by atoms with Crippen molar-refractivity contribution in [2.75, 3.05) is 6.61 Å². The van der Waals surface area contributed by atoms with Gasteiger partial charge in [-0.15, -0.1) is 0 Å². The third kappa shape index (κ3) is 5.71. The maximum absolute atomic E-state index is 12.7. The van der Waals surface area contributed by atoms with E-state index in [0.717, 1.165) is 16.3 Å². The second-order valence-electron chi connectivity index (χ2n) is 7.76. The minimum absolute atomic E-state index is 0.0268. The van der Waals surface area contributed by atoms with E-state index in [0.29, 0.717) is 11.1 Å². The predicted molar refractivity (Wildman–Crippen MR) is 134 cm³/mol. The smallest absolute Gasteiger partial charge is 0.343 e. The second kappa shape index (κ2) is 10.9. The Bertz CT molecular complexity index is 1480. The van der Waals surface area contributed by atoms with E-state index in [4.69, 9.17) is 9.47 Å². The lowest BCUT2D eigenvalue weighted by Crippen LogP contribution is -2.24. The molecule has 0 bridgehead atoms. The number of carbonyl (C=O) groups excluding carboxylic acids is 2. The number of esters is 1. The predicted octanol–water partition coefficient (Wildman–Crippen LogP) is 4.80. The molecule has 36 heavy (non-hydrogen) atoms. The molecule has 0 heterocycles. The van der Waals surface area contributed by atoms with Gasteiger partial charge in [0, 0.05) is 11.6 Å². The fourth-order valence-electron chi connectivity index (χ4n) is 3.50. The lowest BCUT2D eigenvalue weighted by molar-refractivity contribution is -0.385. The maximum Gasteiger partial charge on any atom is 0.343 e. The van der Waals surface area contributed by atoms with E-state index in [9.17, 15) is 19.7 Å². The van der Waals surface area contributed by atoms with Gasteiger partial charge in [0.1, 0.15) is 5.75 Å². The van der Waals surface area contributed by atoms with Crippen molar-refractivity contribution in [1.29, 1.82) is 0 Å². The van der Waals surface area contributed by atoms with E-state index in [1.807, 2.05) is 43.3 Å². The van der Waals surface area contributed by atoms with E-state index in [1.165, 1.54) is 24.4 Å². The fourth-order valence-corrected chi connectivity index (χ4v) is 3.50. The van der Waals surface area contributed by atoms with Gasteiger partial charge in [-0.05, 0) is 42.0 Å². The maximum atomic E-state index is 12.7. The lowest BCUT2D eigenvalue weighted by atomic mass is 10.0. The van der Waals surface area contributed by atoms with E-state index in [2.05, 4.69) is 10.5 Å². The molecule has 0 aliphatic carbocycles. The number of nitro groups is 1. The molecule has 0 saturated heterocycles. The number of hydrogen-bond donors (Lipinski definition) is 1. The number of nitrogens with zero attached hydrogens (tertiary/aromatic N) is 2. The number of ether oxygens (including phenoxy) is 2. The Morgan fingerprint density at radius 2 is 1.75 bits per heavy atom. The summed E-state index contributed by atoms with van der Waals surface area (Å²) in [4.78, 5) is 35.4. The van der Waals surface area contributed by atoms with Crippen molar-refractivity contribution in [3.05, 3.63) is 112 Å². The first kappa shape index (κ1) is 24.1. The van der Waals surface area contributed by atoms with Crippen LogP contribution in [0.2, 0.25) is 0 Å². The normalized spacial score (nSPS) is 10.8. The number of carbonyl (C=O) groups is 2. The van der Waals surface area contributed by atoms with Crippen molar-refractivity contribution >= 4 is 34.6 Å². The Hall–Kier alpha value is -5.05. The molecule has 9 nitrogen and oxygen atoms in total. The minimum Gasteiger partial charge on any atom is -0.477 e. The van der Waals surface area contributed by atoms with Crippen molar-refractivity contribution in [3.8, 4) is 11.5 Å². The zero-order chi connectivity index (χ0) is 25.5. The van der Waals surface area contributed by atoms with Crippen molar-refractivity contribution in [2.45, 2.75) is 6.92 Å². The molecule has 0 atom stereocenters. The number of amides is 1. The lowest BCUT2D eigenvalue weighted by Gasteiger charge is -2.11. The van der Waals surface area contributed by atoms with Gasteiger partial charge in [0.2, 0.25) is 0 Å². The molecule has 4 rings (SSSR count). The van der Waals surface area contributed by atoms with Crippen molar-refractivity contribution in [1.82, 2.24) is 5.43 Å². The Balaban J connectivity index is 1.51. The molecular weight excluding hydrogens is 462 g/mol. The average Bonchev–Trinajstić information content (AvgIpc) is 2.88. The Kier molecular flexibility index (Phi) is 7.30. The van der Waals surface area contributed by atoms with Crippen LogP contribution in [0.5, 0.6) is 11.5 Å². The highest BCUT2D eigenvalue weighted by atomic mass is 16.6. The zero-order valence-electron chi connectivity index (χ0n) is 19.2. The first-order valence-corrected chi connectivity index (χ1v) is 10.9. The van der Waals surface area contributed by atoms with Crippen LogP contribution in [0.15, 0.2) is 90.0 Å². The molecule has 180 valence electrons. The third-order valence-electron chi connectivity index (χ3n) is 5.19. The summed E-state index contributed by atoms with van der Waals surface area (Å²) in [5.74, 6) is -0.899. The number of fused-ring (bicyclic) bond motifs is 1. The summed E-state index contributed by atoms with van der Waals surface area (Å²) < 4.78 is 10.9. The number of rotatable bonds is 8. The zero-order valence-corrected chi connectivity index (χ0v) is 19.2. The number of aryl methyl sites for hydroxylation is 1. The van der Waals surface area contributed by atoms with Gasteiger partial charge < -0.3 is 9.47 Å². The molecule has 1 N–H and O–H groups in total. The number of benzene rings is 4. The SMILES string of the molecule is Cc1cccc(C(=O)Oc2ccc3ccccc3c2/C=N/NC(=O)COc2ccccc2[N+](=O)[O-])c1. The summed E-state index contributed by atoms with van der Waals surface area (Å²) in [6.45, 7) is 1.40. The Morgan fingerprint density at radius 3 is 2.56 bits per heavy atom. The summed E-state index contributed by atoms with van der Waals surface area (Å²) in [6.07, 6.45) is 1.38. The number of nitro benzene ring substituents is 1. The summed E-state index contributed by atoms with van der Waals surface area (Å²) in [5, 5.41) is 16.7. The van der Waals surface area contributed by atoms with Crippen molar-refractivity contribution in [2.24, 2.45) is 5.10 Å². The first-order valence-electron chi connectivity index (χ1n) is 10.9. The molecule has 9 heteroatoms. The molecule has 0 fully saturated rings. The van der Waals surface area contributed by atoms with Gasteiger partial charge in [-0.2, -0.15) is 5.10 Å². The van der Waals surface area contributed by atoms with Crippen LogP contribution in [0, 0.1) is 17.0 Å². The third-order valence-corrected chi connectivity index (χ3v) is 5.19. The van der Waals surface area contributed by atoms with Gasteiger partial charge in [0.15, 0.2) is 12.4 Å². The molecular formula is C27H21N3O6. The van der Waals surface area contributed by atoms with Gasteiger partial charge in [-0.25, -0.2) is 10.2 Å². The summed E-state index contributed by atoms with van der Waals surface area (Å²) in [5.41, 5.74) is 3.91. The average molecular weight is 483 g/mol. The number of hydrazone groups is 1. The van der Waals surface area contributed by atoms with Crippen LogP contribution in [0.3, 0.4) is 0 Å². The molecule has 0 spiro atoms. The van der Waals surface area contributed by atoms with Crippen LogP contribution in [0.25, 0.3) is 10.8 Å². The van der Waals surface area contributed by atoms with Gasteiger partial charge >= 0.3 is 11.7 Å². The van der Waals surface area contributed by atoms with E-state index in [-0.39, 0.29) is 17.2 Å². The highest BCUT2D eigenvalue weighted by Crippen LogP contribution is 2.28. The van der Waals surface area contributed by atoms with Gasteiger partial charge in [-0.1, -0.05) is 60.2 Å². The molecule has 0 unspecified atom stereocenters. The molecule has 0 radical (unpaired) electrons. The molecule has 1 amide bonds. The Labute approximate surface area is 206 Å². The minimum atomic E-state index is -0.622. The summed E-state index contributed by atoms with van der Waals surface area (Å²) >= 11 is 0. The molecule has 4 aromatic rings. The quantitative estimate of drug-likeness (QED) is 0.126. The number of hydrogen-bond acceptors (Lipinski definition) is 7. The largest absolute Gasteiger partial charge is 0.477 e. The highest BCUT2D eigenvalue weighted by molar-refractivity contribution is 6.04. The van der Waals surface area contributed by atoms with Crippen LogP contribution in [-0.4, -0.2) is 29.6 Å². The van der Waals surface area contributed by atoms with Crippen LogP contribution >= 0.6 is 0 Å². The van der Waals surface area contributed by atoms with Crippen LogP contribution in [0.4, 0.5) is 5.69 Å². The van der Waals surface area contributed by atoms with Crippen LogP contribution < -0.4 is 14.9 Å². The second-order valence-corrected chi connectivity index (χ2v) is 7.76. The van der Waals surface area contributed by atoms with Gasteiger partial charge in [0.25, 0.3) is 5.91 Å².